The molecule has 4 aromatic carbocycles. The number of hydrogen-bond acceptors (Lipinski definition) is 8. The largest absolute Gasteiger partial charge is 0.330 e. The third-order valence-electron chi connectivity index (χ3n) is 10.5. The van der Waals surface area contributed by atoms with Crippen LogP contribution < -0.4 is 25.3 Å². The predicted molar refractivity (Wildman–Crippen MR) is 233 cm³/mol. The molecule has 0 bridgehead atoms. The number of pyridine rings is 1. The molecule has 2 aliphatic rings. The normalized spacial score (nSPS) is 15.1. The van der Waals surface area contributed by atoms with Gasteiger partial charge in [-0.05, 0) is 79.8 Å². The fourth-order valence-electron chi connectivity index (χ4n) is 7.44. The van der Waals surface area contributed by atoms with Gasteiger partial charge in [-0.15, -0.1) is 0 Å². The Morgan fingerprint density at radius 2 is 1.58 bits per heavy atom. The summed E-state index contributed by atoms with van der Waals surface area (Å²) in [5.41, 5.74) is 8.72. The molecule has 0 radical (unpaired) electrons. The summed E-state index contributed by atoms with van der Waals surface area (Å²) >= 11 is 0. The van der Waals surface area contributed by atoms with Crippen molar-refractivity contribution in [2.24, 2.45) is 10.9 Å². The Bertz CT molecular complexity index is 2580. The summed E-state index contributed by atoms with van der Waals surface area (Å²) in [4.78, 5) is 66.1. The van der Waals surface area contributed by atoms with Crippen LogP contribution in [0.3, 0.4) is 0 Å². The van der Waals surface area contributed by atoms with Gasteiger partial charge >= 0.3 is 6.03 Å². The summed E-state index contributed by atoms with van der Waals surface area (Å²) in [5.74, 6) is 0.610. The van der Waals surface area contributed by atoms with Gasteiger partial charge in [-0.2, -0.15) is 4.98 Å². The number of aromatic nitrogens is 3. The molecule has 2 aromatic heterocycles. The van der Waals surface area contributed by atoms with Crippen molar-refractivity contribution in [3.8, 4) is 0 Å². The van der Waals surface area contributed by atoms with Gasteiger partial charge in [0.15, 0.2) is 0 Å². The molecule has 12 heteroatoms. The van der Waals surface area contributed by atoms with E-state index in [9.17, 15) is 14.4 Å². The topological polar surface area (TPSA) is 136 Å². The van der Waals surface area contributed by atoms with E-state index in [0.29, 0.717) is 53.1 Å². The van der Waals surface area contributed by atoms with Gasteiger partial charge in [0.2, 0.25) is 5.95 Å². The maximum absolute atomic E-state index is 14.5. The first kappa shape index (κ1) is 38.7. The number of fused-ring (bicyclic) bond motifs is 2. The van der Waals surface area contributed by atoms with Crippen molar-refractivity contribution in [3.05, 3.63) is 161 Å². The lowest BCUT2D eigenvalue weighted by Gasteiger charge is -2.35. The number of benzodiazepines with no additional fused rings is 1. The van der Waals surface area contributed by atoms with E-state index >= 15 is 0 Å². The van der Waals surface area contributed by atoms with Crippen LogP contribution in [-0.2, 0) is 17.9 Å². The van der Waals surface area contributed by atoms with Crippen molar-refractivity contribution in [2.45, 2.75) is 53.2 Å². The van der Waals surface area contributed by atoms with E-state index in [1.54, 1.807) is 47.4 Å². The molecular weight excluding hydrogens is 739 g/mol. The van der Waals surface area contributed by atoms with Gasteiger partial charge in [-0.25, -0.2) is 9.78 Å². The molecule has 0 aliphatic carbocycles. The second-order valence-electron chi connectivity index (χ2n) is 15.4. The fraction of sp³-hybridized carbons (Fsp3) is 0.213. The number of amides is 4. The number of nitrogens with one attached hydrogen (secondary N) is 2. The summed E-state index contributed by atoms with van der Waals surface area (Å²) in [6, 6.07) is 33.6. The van der Waals surface area contributed by atoms with Crippen LogP contribution in [0.1, 0.15) is 64.1 Å². The summed E-state index contributed by atoms with van der Waals surface area (Å²) in [6.45, 7) is 8.58. The quantitative estimate of drug-likeness (QED) is 0.142. The van der Waals surface area contributed by atoms with E-state index in [1.807, 2.05) is 105 Å². The highest BCUT2D eigenvalue weighted by molar-refractivity contribution is 6.21. The molecule has 12 nitrogen and oxygen atoms in total. The molecule has 8 rings (SSSR count). The Kier molecular flexibility index (Phi) is 10.7. The Morgan fingerprint density at radius 3 is 2.31 bits per heavy atom. The third-order valence-corrected chi connectivity index (χ3v) is 10.5. The van der Waals surface area contributed by atoms with Crippen molar-refractivity contribution >= 4 is 58.1 Å². The number of aryl methyl sites for hydroxylation is 2. The van der Waals surface area contributed by atoms with Crippen LogP contribution in [0.5, 0.6) is 0 Å². The van der Waals surface area contributed by atoms with Crippen molar-refractivity contribution in [1.29, 1.82) is 0 Å². The highest BCUT2D eigenvalue weighted by atomic mass is 16.2. The number of rotatable bonds is 10. The second kappa shape index (κ2) is 16.3. The molecule has 0 unspecified atom stereocenters. The molecule has 4 amide bonds. The monoisotopic (exact) mass is 783 g/mol. The van der Waals surface area contributed by atoms with Crippen molar-refractivity contribution < 1.29 is 14.4 Å². The summed E-state index contributed by atoms with van der Waals surface area (Å²) in [5, 5.41) is 6.22. The third kappa shape index (κ3) is 8.15. The van der Waals surface area contributed by atoms with Gasteiger partial charge in [0.25, 0.3) is 11.8 Å². The minimum absolute atomic E-state index is 0.116. The molecule has 2 N–H and O–H groups in total. The van der Waals surface area contributed by atoms with E-state index in [-0.39, 0.29) is 30.3 Å². The van der Waals surface area contributed by atoms with E-state index in [2.05, 4.69) is 39.4 Å². The molecule has 0 saturated carbocycles. The second-order valence-corrected chi connectivity index (χ2v) is 15.4. The first-order chi connectivity index (χ1) is 28.5. The molecule has 6 aromatic rings. The van der Waals surface area contributed by atoms with Crippen LogP contribution in [0, 0.1) is 19.8 Å². The smallest absolute Gasteiger partial charge is 0.323 e. The number of carbonyl (C=O) groups excluding carboxylic acids is 3. The van der Waals surface area contributed by atoms with Crippen LogP contribution in [0.25, 0.3) is 0 Å². The number of aliphatic imine (C=N–C) groups is 1. The number of urea groups is 1. The van der Waals surface area contributed by atoms with E-state index in [4.69, 9.17) is 4.99 Å². The number of carbonyl (C=O) groups is 3. The first-order valence-electron chi connectivity index (χ1n) is 19.7. The average Bonchev–Trinajstić information content (AvgIpc) is 3.35. The van der Waals surface area contributed by atoms with Crippen molar-refractivity contribution in [1.82, 2.24) is 15.0 Å². The van der Waals surface area contributed by atoms with E-state index < -0.39 is 6.04 Å². The lowest BCUT2D eigenvalue weighted by Crippen LogP contribution is -2.46. The van der Waals surface area contributed by atoms with E-state index in [0.717, 1.165) is 39.2 Å². The maximum atomic E-state index is 14.5. The number of nitrogens with zero attached hydrogens (tertiary/aromatic N) is 7. The zero-order chi connectivity index (χ0) is 41.2. The van der Waals surface area contributed by atoms with Gasteiger partial charge in [-0.3, -0.25) is 29.4 Å². The van der Waals surface area contributed by atoms with Crippen LogP contribution >= 0.6 is 0 Å². The van der Waals surface area contributed by atoms with Gasteiger partial charge in [0.1, 0.15) is 11.9 Å². The lowest BCUT2D eigenvalue weighted by molar-refractivity contribution is -0.120. The first-order valence-corrected chi connectivity index (χ1v) is 19.7. The summed E-state index contributed by atoms with van der Waals surface area (Å²) in [6.07, 6.45) is 4.00. The maximum Gasteiger partial charge on any atom is 0.330 e. The van der Waals surface area contributed by atoms with Gasteiger partial charge in [0.05, 0.1) is 42.1 Å². The van der Waals surface area contributed by atoms with Crippen LogP contribution in [0.2, 0.25) is 0 Å². The van der Waals surface area contributed by atoms with Gasteiger partial charge in [0, 0.05) is 46.9 Å². The molecule has 0 saturated heterocycles. The highest BCUT2D eigenvalue weighted by Gasteiger charge is 2.34. The molecule has 296 valence electrons. The Balaban J connectivity index is 1.09. The Morgan fingerprint density at radius 1 is 0.831 bits per heavy atom. The molecule has 1 atom stereocenters. The standard InChI is InChI=1S/C47H45N9O3/c1-29(2)22-39-45(58)55(27-32-12-8-6-9-13-32)41-23-34(18-21-38(41)42(52-39)33-14-10-7-11-15-33)44(57)50-36-19-16-30(3)40(24-36)56-28-35-25-49-46(53-43(35)54(5)47(56)59)51-37-20-17-31(4)48-26-37/h6-21,23-26,29,39H,22,27-28H2,1-5H3,(H,50,57)(H,49,51,53)/t39-/m0/s1. The van der Waals surface area contributed by atoms with Gasteiger partial charge in [-0.1, -0.05) is 80.6 Å². The average molecular weight is 784 g/mol. The number of benzene rings is 4. The molecule has 0 fully saturated rings. The lowest BCUT2D eigenvalue weighted by atomic mass is 9.98. The predicted octanol–water partition coefficient (Wildman–Crippen LogP) is 8.86. The van der Waals surface area contributed by atoms with E-state index in [1.165, 1.54) is 4.90 Å². The minimum Gasteiger partial charge on any atom is -0.323 e. The molecule has 59 heavy (non-hydrogen) atoms. The SMILES string of the molecule is Cc1ccc(Nc2ncc3c(n2)N(C)C(=O)N(c2cc(NC(=O)c4ccc5c(c4)N(Cc4ccccc4)C(=O)[C@H](CC(C)C)N=C5c4ccccc4)ccc2C)C3)cn1. The molecule has 2 aliphatic heterocycles. The van der Waals surface area contributed by atoms with Gasteiger partial charge < -0.3 is 15.5 Å². The van der Waals surface area contributed by atoms with Crippen LogP contribution in [-0.4, -0.2) is 51.6 Å². The zero-order valence-electron chi connectivity index (χ0n) is 33.7. The summed E-state index contributed by atoms with van der Waals surface area (Å²) in [7, 11) is 1.68. The molecular formula is C47H45N9O3. The van der Waals surface area contributed by atoms with Crippen molar-refractivity contribution in [3.63, 3.8) is 0 Å². The minimum atomic E-state index is -0.602. The summed E-state index contributed by atoms with van der Waals surface area (Å²) < 4.78 is 0. The zero-order valence-corrected chi connectivity index (χ0v) is 33.7. The van der Waals surface area contributed by atoms with Crippen molar-refractivity contribution in [2.75, 3.05) is 32.4 Å². The molecule has 4 heterocycles. The Labute approximate surface area is 343 Å². The number of anilines is 6. The van der Waals surface area contributed by atoms with Crippen LogP contribution in [0.4, 0.5) is 39.3 Å². The fourth-order valence-corrected chi connectivity index (χ4v) is 7.44. The number of hydrogen-bond donors (Lipinski definition) is 2. The highest BCUT2D eigenvalue weighted by Crippen LogP contribution is 2.35. The molecule has 0 spiro atoms. The van der Waals surface area contributed by atoms with Crippen LogP contribution in [0.15, 0.2) is 127 Å². The Hall–Kier alpha value is -7.21.